The fourth-order valence-electron chi connectivity index (χ4n) is 5.06. The van der Waals surface area contributed by atoms with Gasteiger partial charge in [0.2, 0.25) is 0 Å². The summed E-state index contributed by atoms with van der Waals surface area (Å²) < 4.78 is 6.19. The SMILES string of the molecule is CCC1C(C(C)C)CC=C2C[C@@H](Oc3cccnc3)CC[C@@]21C. The zero-order valence-corrected chi connectivity index (χ0v) is 15.1. The molecule has 3 rings (SSSR count). The van der Waals surface area contributed by atoms with Gasteiger partial charge in [0.1, 0.15) is 11.9 Å². The average Bonchev–Trinajstić information content (AvgIpc) is 2.55. The lowest BCUT2D eigenvalue weighted by Crippen LogP contribution is -2.44. The van der Waals surface area contributed by atoms with Crippen LogP contribution in [0.3, 0.4) is 0 Å². The molecule has 1 aromatic rings. The van der Waals surface area contributed by atoms with Gasteiger partial charge in [-0.15, -0.1) is 0 Å². The Kier molecular flexibility index (Phi) is 4.79. The van der Waals surface area contributed by atoms with Crippen molar-refractivity contribution in [2.45, 2.75) is 65.9 Å². The molecule has 0 saturated heterocycles. The Morgan fingerprint density at radius 3 is 2.87 bits per heavy atom. The molecule has 0 spiro atoms. The molecule has 126 valence electrons. The maximum Gasteiger partial charge on any atom is 0.138 e. The second-order valence-corrected chi connectivity index (χ2v) is 7.98. The van der Waals surface area contributed by atoms with Gasteiger partial charge in [-0.05, 0) is 54.6 Å². The molecule has 0 bridgehead atoms. The van der Waals surface area contributed by atoms with Gasteiger partial charge in [-0.25, -0.2) is 0 Å². The van der Waals surface area contributed by atoms with Crippen LogP contribution in [0.25, 0.3) is 0 Å². The van der Waals surface area contributed by atoms with E-state index < -0.39 is 0 Å². The van der Waals surface area contributed by atoms with Gasteiger partial charge in [0, 0.05) is 12.6 Å². The average molecular weight is 313 g/mol. The first-order valence-corrected chi connectivity index (χ1v) is 9.30. The number of ether oxygens (including phenoxy) is 1. The van der Waals surface area contributed by atoms with E-state index in [1.807, 2.05) is 18.3 Å². The van der Waals surface area contributed by atoms with Crippen molar-refractivity contribution in [3.05, 3.63) is 36.2 Å². The van der Waals surface area contributed by atoms with E-state index in [2.05, 4.69) is 38.8 Å². The third-order valence-electron chi connectivity index (χ3n) is 6.37. The highest BCUT2D eigenvalue weighted by Crippen LogP contribution is 2.55. The zero-order valence-electron chi connectivity index (χ0n) is 15.1. The molecule has 2 aliphatic rings. The Balaban J connectivity index is 1.76. The Bertz CT molecular complexity index is 550. The largest absolute Gasteiger partial charge is 0.488 e. The number of pyridine rings is 1. The third-order valence-corrected chi connectivity index (χ3v) is 6.37. The minimum atomic E-state index is 0.312. The molecule has 23 heavy (non-hydrogen) atoms. The van der Waals surface area contributed by atoms with Crippen molar-refractivity contribution >= 4 is 0 Å². The lowest BCUT2D eigenvalue weighted by Gasteiger charge is -2.51. The Morgan fingerprint density at radius 2 is 2.22 bits per heavy atom. The van der Waals surface area contributed by atoms with Crippen molar-refractivity contribution in [2.24, 2.45) is 23.2 Å². The molecule has 0 aliphatic heterocycles. The molecule has 2 aliphatic carbocycles. The van der Waals surface area contributed by atoms with Crippen molar-refractivity contribution < 1.29 is 4.74 Å². The molecule has 1 heterocycles. The van der Waals surface area contributed by atoms with Crippen LogP contribution in [0.15, 0.2) is 36.2 Å². The minimum Gasteiger partial charge on any atom is -0.488 e. The van der Waals surface area contributed by atoms with Gasteiger partial charge in [0.05, 0.1) is 6.20 Å². The Morgan fingerprint density at radius 1 is 1.39 bits per heavy atom. The monoisotopic (exact) mass is 313 g/mol. The highest BCUT2D eigenvalue weighted by Gasteiger charge is 2.46. The van der Waals surface area contributed by atoms with Gasteiger partial charge in [0.25, 0.3) is 0 Å². The van der Waals surface area contributed by atoms with Crippen molar-refractivity contribution in [1.29, 1.82) is 0 Å². The van der Waals surface area contributed by atoms with Crippen LogP contribution in [0.4, 0.5) is 0 Å². The van der Waals surface area contributed by atoms with Gasteiger partial charge < -0.3 is 4.74 Å². The van der Waals surface area contributed by atoms with E-state index in [0.29, 0.717) is 11.5 Å². The quantitative estimate of drug-likeness (QED) is 0.670. The summed E-state index contributed by atoms with van der Waals surface area (Å²) in [6, 6.07) is 3.96. The van der Waals surface area contributed by atoms with Gasteiger partial charge >= 0.3 is 0 Å². The molecule has 1 saturated carbocycles. The van der Waals surface area contributed by atoms with E-state index >= 15 is 0 Å². The van der Waals surface area contributed by atoms with Crippen LogP contribution >= 0.6 is 0 Å². The molecule has 1 fully saturated rings. The Labute approximate surface area is 141 Å². The summed E-state index contributed by atoms with van der Waals surface area (Å²) in [5.74, 6) is 3.34. The normalized spacial score (nSPS) is 34.0. The molecular formula is C21H31NO. The van der Waals surface area contributed by atoms with Gasteiger partial charge in [-0.2, -0.15) is 0 Å². The van der Waals surface area contributed by atoms with Crippen molar-refractivity contribution in [3.8, 4) is 5.75 Å². The summed E-state index contributed by atoms with van der Waals surface area (Å²) in [7, 11) is 0. The zero-order chi connectivity index (χ0) is 16.4. The lowest BCUT2D eigenvalue weighted by atomic mass is 9.54. The van der Waals surface area contributed by atoms with Crippen LogP contribution in [0.5, 0.6) is 5.75 Å². The highest BCUT2D eigenvalue weighted by atomic mass is 16.5. The molecular weight excluding hydrogens is 282 g/mol. The van der Waals surface area contributed by atoms with Crippen LogP contribution in [-0.4, -0.2) is 11.1 Å². The number of fused-ring (bicyclic) bond motifs is 1. The van der Waals surface area contributed by atoms with Crippen molar-refractivity contribution in [2.75, 3.05) is 0 Å². The molecule has 0 N–H and O–H groups in total. The van der Waals surface area contributed by atoms with Crippen LogP contribution in [0.1, 0.15) is 59.8 Å². The summed E-state index contributed by atoms with van der Waals surface area (Å²) in [5.41, 5.74) is 2.04. The molecule has 4 atom stereocenters. The summed E-state index contributed by atoms with van der Waals surface area (Å²) in [5, 5.41) is 0. The minimum absolute atomic E-state index is 0.312. The van der Waals surface area contributed by atoms with E-state index in [4.69, 9.17) is 4.74 Å². The number of rotatable bonds is 4. The molecule has 2 nitrogen and oxygen atoms in total. The fourth-order valence-corrected chi connectivity index (χ4v) is 5.06. The molecule has 0 aromatic carbocycles. The van der Waals surface area contributed by atoms with Gasteiger partial charge in [0.15, 0.2) is 0 Å². The predicted octanol–water partition coefficient (Wildman–Crippen LogP) is 5.65. The predicted molar refractivity (Wildman–Crippen MR) is 95.4 cm³/mol. The van der Waals surface area contributed by atoms with Crippen LogP contribution < -0.4 is 4.74 Å². The first-order chi connectivity index (χ1) is 11.0. The third kappa shape index (κ3) is 3.18. The molecule has 2 unspecified atom stereocenters. The van der Waals surface area contributed by atoms with Gasteiger partial charge in [-0.3, -0.25) is 4.98 Å². The van der Waals surface area contributed by atoms with Crippen molar-refractivity contribution in [3.63, 3.8) is 0 Å². The second kappa shape index (κ2) is 6.67. The van der Waals surface area contributed by atoms with E-state index in [1.54, 1.807) is 11.8 Å². The molecule has 0 amide bonds. The molecule has 1 aromatic heterocycles. The molecule has 2 heteroatoms. The summed E-state index contributed by atoms with van der Waals surface area (Å²) in [6.07, 6.45) is 12.5. The van der Waals surface area contributed by atoms with Crippen LogP contribution in [-0.2, 0) is 0 Å². The van der Waals surface area contributed by atoms with E-state index in [1.165, 1.54) is 19.3 Å². The maximum absolute atomic E-state index is 6.19. The van der Waals surface area contributed by atoms with Crippen molar-refractivity contribution in [1.82, 2.24) is 4.98 Å². The standard InChI is InChI=1S/C21H31NO/c1-5-20-19(15(2)3)9-8-16-13-17(10-11-21(16,20)4)23-18-7-6-12-22-14-18/h6-8,12,14-15,17,19-20H,5,9-11,13H2,1-4H3/t17-,19?,20?,21-/m0/s1. The second-order valence-electron chi connectivity index (χ2n) is 7.98. The number of aromatic nitrogens is 1. The van der Waals surface area contributed by atoms with Gasteiger partial charge in [-0.1, -0.05) is 45.8 Å². The van der Waals surface area contributed by atoms with Crippen LogP contribution in [0.2, 0.25) is 0 Å². The summed E-state index contributed by atoms with van der Waals surface area (Å²) in [6.45, 7) is 9.69. The number of allylic oxidation sites excluding steroid dienone is 1. The number of hydrogen-bond acceptors (Lipinski definition) is 2. The fraction of sp³-hybridized carbons (Fsp3) is 0.667. The van der Waals surface area contributed by atoms with E-state index in [9.17, 15) is 0 Å². The topological polar surface area (TPSA) is 22.1 Å². The van der Waals surface area contributed by atoms with Crippen LogP contribution in [0, 0.1) is 23.2 Å². The lowest BCUT2D eigenvalue weighted by molar-refractivity contribution is 0.0445. The Hall–Kier alpha value is -1.31. The smallest absolute Gasteiger partial charge is 0.138 e. The maximum atomic E-state index is 6.19. The summed E-state index contributed by atoms with van der Waals surface area (Å²) in [4.78, 5) is 4.16. The highest BCUT2D eigenvalue weighted by molar-refractivity contribution is 5.24. The first-order valence-electron chi connectivity index (χ1n) is 9.30. The summed E-state index contributed by atoms with van der Waals surface area (Å²) >= 11 is 0. The number of hydrogen-bond donors (Lipinski definition) is 0. The van der Waals surface area contributed by atoms with E-state index in [0.717, 1.165) is 36.3 Å². The van der Waals surface area contributed by atoms with E-state index in [-0.39, 0.29) is 0 Å². The molecule has 0 radical (unpaired) electrons. The first kappa shape index (κ1) is 16.5. The number of nitrogens with zero attached hydrogens (tertiary/aromatic N) is 1.